The lowest BCUT2D eigenvalue weighted by molar-refractivity contribution is -0.129. The number of pyridine rings is 1. The molecule has 0 saturated carbocycles. The Morgan fingerprint density at radius 1 is 1.19 bits per heavy atom. The molecular formula is C16H22FN3O. The van der Waals surface area contributed by atoms with Crippen LogP contribution in [0.25, 0.3) is 0 Å². The van der Waals surface area contributed by atoms with Gasteiger partial charge in [0.15, 0.2) is 0 Å². The van der Waals surface area contributed by atoms with Crippen LogP contribution in [0, 0.1) is 5.82 Å². The van der Waals surface area contributed by atoms with E-state index in [2.05, 4.69) is 14.8 Å². The maximum atomic E-state index is 13.2. The number of amides is 1. The molecule has 0 aliphatic carbocycles. The molecule has 3 heterocycles. The summed E-state index contributed by atoms with van der Waals surface area (Å²) < 4.78 is 13.2. The van der Waals surface area contributed by atoms with E-state index in [0.29, 0.717) is 11.9 Å². The molecule has 2 aliphatic heterocycles. The second-order valence-corrected chi connectivity index (χ2v) is 6.06. The highest BCUT2D eigenvalue weighted by Gasteiger charge is 2.29. The van der Waals surface area contributed by atoms with E-state index in [1.807, 2.05) is 0 Å². The third kappa shape index (κ3) is 3.59. The summed E-state index contributed by atoms with van der Waals surface area (Å²) in [6.07, 6.45) is 7.90. The van der Waals surface area contributed by atoms with Gasteiger partial charge in [-0.3, -0.25) is 14.7 Å². The molecule has 0 aromatic carbocycles. The van der Waals surface area contributed by atoms with Crippen molar-refractivity contribution in [1.29, 1.82) is 0 Å². The third-order valence-corrected chi connectivity index (χ3v) is 4.51. The van der Waals surface area contributed by atoms with Crippen LogP contribution in [-0.2, 0) is 11.3 Å². The van der Waals surface area contributed by atoms with Gasteiger partial charge in [-0.15, -0.1) is 0 Å². The maximum Gasteiger partial charge on any atom is 0.222 e. The zero-order chi connectivity index (χ0) is 14.7. The van der Waals surface area contributed by atoms with Crippen molar-refractivity contribution in [2.75, 3.05) is 19.6 Å². The molecule has 21 heavy (non-hydrogen) atoms. The molecular weight excluding hydrogens is 269 g/mol. The molecule has 2 aliphatic rings. The summed E-state index contributed by atoms with van der Waals surface area (Å²) in [4.78, 5) is 20.2. The minimum atomic E-state index is -0.275. The highest BCUT2D eigenvalue weighted by Crippen LogP contribution is 2.23. The summed E-state index contributed by atoms with van der Waals surface area (Å²) in [7, 11) is 0. The zero-order valence-corrected chi connectivity index (χ0v) is 12.3. The van der Waals surface area contributed by atoms with Crippen molar-refractivity contribution in [2.24, 2.45) is 0 Å². The van der Waals surface area contributed by atoms with Crippen molar-refractivity contribution in [3.8, 4) is 0 Å². The molecule has 0 bridgehead atoms. The van der Waals surface area contributed by atoms with Crippen molar-refractivity contribution in [3.63, 3.8) is 0 Å². The SMILES string of the molecule is O=C1CCCN1C1CCCN(Cc2cncc(F)c2)CC1. The number of hydrogen-bond donors (Lipinski definition) is 0. The largest absolute Gasteiger partial charge is 0.340 e. The van der Waals surface area contributed by atoms with Gasteiger partial charge in [0.1, 0.15) is 5.82 Å². The number of nitrogens with zero attached hydrogens (tertiary/aromatic N) is 3. The molecule has 2 fully saturated rings. The van der Waals surface area contributed by atoms with Crippen molar-refractivity contribution < 1.29 is 9.18 Å². The van der Waals surface area contributed by atoms with E-state index < -0.39 is 0 Å². The number of halogens is 1. The van der Waals surface area contributed by atoms with Crippen LogP contribution in [0.15, 0.2) is 18.5 Å². The summed E-state index contributed by atoms with van der Waals surface area (Å²) in [5, 5.41) is 0. The molecule has 0 spiro atoms. The van der Waals surface area contributed by atoms with E-state index in [1.165, 1.54) is 6.20 Å². The van der Waals surface area contributed by atoms with Crippen molar-refractivity contribution in [2.45, 2.75) is 44.7 Å². The topological polar surface area (TPSA) is 36.4 Å². The Kier molecular flexibility index (Phi) is 4.48. The average Bonchev–Trinajstić information content (AvgIpc) is 2.75. The van der Waals surface area contributed by atoms with Gasteiger partial charge in [0.2, 0.25) is 5.91 Å². The molecule has 1 atom stereocenters. The van der Waals surface area contributed by atoms with Gasteiger partial charge in [-0.2, -0.15) is 0 Å². The third-order valence-electron chi connectivity index (χ3n) is 4.51. The van der Waals surface area contributed by atoms with Crippen molar-refractivity contribution >= 4 is 5.91 Å². The summed E-state index contributed by atoms with van der Waals surface area (Å²) in [5.41, 5.74) is 0.922. The van der Waals surface area contributed by atoms with Gasteiger partial charge in [-0.1, -0.05) is 0 Å². The summed E-state index contributed by atoms with van der Waals surface area (Å²) in [6.45, 7) is 3.64. The fraction of sp³-hybridized carbons (Fsp3) is 0.625. The summed E-state index contributed by atoms with van der Waals surface area (Å²) >= 11 is 0. The fourth-order valence-electron chi connectivity index (χ4n) is 3.46. The predicted octanol–water partition coefficient (Wildman–Crippen LogP) is 2.20. The van der Waals surface area contributed by atoms with E-state index in [9.17, 15) is 9.18 Å². The first kappa shape index (κ1) is 14.4. The minimum absolute atomic E-state index is 0.275. The highest BCUT2D eigenvalue weighted by molar-refractivity contribution is 5.78. The second kappa shape index (κ2) is 6.52. The Hall–Kier alpha value is -1.49. The first-order valence-corrected chi connectivity index (χ1v) is 7.83. The molecule has 2 saturated heterocycles. The molecule has 1 aromatic heterocycles. The van der Waals surface area contributed by atoms with Crippen LogP contribution in [0.3, 0.4) is 0 Å². The second-order valence-electron chi connectivity index (χ2n) is 6.06. The molecule has 1 aromatic rings. The smallest absolute Gasteiger partial charge is 0.222 e. The van der Waals surface area contributed by atoms with Gasteiger partial charge in [0, 0.05) is 38.3 Å². The Labute approximate surface area is 125 Å². The monoisotopic (exact) mass is 291 g/mol. The quantitative estimate of drug-likeness (QED) is 0.856. The van der Waals surface area contributed by atoms with Gasteiger partial charge < -0.3 is 4.90 Å². The van der Waals surface area contributed by atoms with Crippen LogP contribution in [0.2, 0.25) is 0 Å². The number of likely N-dealkylation sites (tertiary alicyclic amines) is 2. The van der Waals surface area contributed by atoms with Crippen LogP contribution in [0.4, 0.5) is 4.39 Å². The number of rotatable bonds is 3. The predicted molar refractivity (Wildman–Crippen MR) is 78.1 cm³/mol. The van der Waals surface area contributed by atoms with E-state index in [1.54, 1.807) is 12.3 Å². The van der Waals surface area contributed by atoms with E-state index in [0.717, 1.165) is 63.8 Å². The fourth-order valence-corrected chi connectivity index (χ4v) is 3.46. The lowest BCUT2D eigenvalue weighted by Crippen LogP contribution is -2.37. The van der Waals surface area contributed by atoms with E-state index in [-0.39, 0.29) is 5.82 Å². The molecule has 5 heteroatoms. The minimum Gasteiger partial charge on any atom is -0.340 e. The van der Waals surface area contributed by atoms with Crippen LogP contribution >= 0.6 is 0 Å². The first-order valence-electron chi connectivity index (χ1n) is 7.83. The molecule has 0 N–H and O–H groups in total. The zero-order valence-electron chi connectivity index (χ0n) is 12.3. The van der Waals surface area contributed by atoms with Gasteiger partial charge in [0.25, 0.3) is 0 Å². The Balaban J connectivity index is 1.57. The van der Waals surface area contributed by atoms with Gasteiger partial charge in [-0.05, 0) is 43.9 Å². The van der Waals surface area contributed by atoms with Crippen molar-refractivity contribution in [3.05, 3.63) is 29.8 Å². The molecule has 114 valence electrons. The first-order chi connectivity index (χ1) is 10.2. The van der Waals surface area contributed by atoms with Gasteiger partial charge >= 0.3 is 0 Å². The lowest BCUT2D eigenvalue weighted by atomic mass is 10.1. The van der Waals surface area contributed by atoms with Crippen LogP contribution in [0.1, 0.15) is 37.7 Å². The Bertz CT molecular complexity index is 508. The molecule has 1 unspecified atom stereocenters. The standard InChI is InChI=1S/C16H22FN3O/c17-14-9-13(10-18-11-14)12-19-6-1-3-15(5-8-19)20-7-2-4-16(20)21/h9-11,15H,1-8,12H2. The van der Waals surface area contributed by atoms with Crippen LogP contribution in [-0.4, -0.2) is 46.4 Å². The molecule has 1 amide bonds. The number of carbonyl (C=O) groups is 1. The van der Waals surface area contributed by atoms with E-state index in [4.69, 9.17) is 0 Å². The summed E-state index contributed by atoms with van der Waals surface area (Å²) in [6, 6.07) is 1.95. The van der Waals surface area contributed by atoms with Gasteiger partial charge in [-0.25, -0.2) is 4.39 Å². The summed E-state index contributed by atoms with van der Waals surface area (Å²) in [5.74, 6) is 0.0469. The number of aromatic nitrogens is 1. The Morgan fingerprint density at radius 3 is 2.86 bits per heavy atom. The highest BCUT2D eigenvalue weighted by atomic mass is 19.1. The van der Waals surface area contributed by atoms with Crippen LogP contribution in [0.5, 0.6) is 0 Å². The van der Waals surface area contributed by atoms with Gasteiger partial charge in [0.05, 0.1) is 6.20 Å². The average molecular weight is 291 g/mol. The van der Waals surface area contributed by atoms with Crippen molar-refractivity contribution in [1.82, 2.24) is 14.8 Å². The normalized spacial score (nSPS) is 24.3. The number of hydrogen-bond acceptors (Lipinski definition) is 3. The number of carbonyl (C=O) groups excluding carboxylic acids is 1. The molecule has 4 nitrogen and oxygen atoms in total. The molecule has 0 radical (unpaired) electrons. The Morgan fingerprint density at radius 2 is 2.10 bits per heavy atom. The van der Waals surface area contributed by atoms with Crippen LogP contribution < -0.4 is 0 Å². The maximum absolute atomic E-state index is 13.2. The lowest BCUT2D eigenvalue weighted by Gasteiger charge is -2.27. The molecule has 3 rings (SSSR count). The van der Waals surface area contributed by atoms with E-state index >= 15 is 0 Å².